The highest BCUT2D eigenvalue weighted by molar-refractivity contribution is 7.92. The minimum atomic E-state index is -4.10. The Kier molecular flexibility index (Phi) is 8.07. The van der Waals surface area contributed by atoms with E-state index in [2.05, 4.69) is 17.4 Å². The summed E-state index contributed by atoms with van der Waals surface area (Å²) in [6.07, 6.45) is 4.53. The summed E-state index contributed by atoms with van der Waals surface area (Å²) < 4.78 is 39.3. The van der Waals surface area contributed by atoms with Crippen LogP contribution in [0, 0.1) is 6.92 Å². The molecular weight excluding hydrogens is 488 g/mol. The Labute approximate surface area is 219 Å². The molecule has 0 aromatic heterocycles. The molecule has 0 spiro atoms. The number of aryl methyl sites for hydroxylation is 3. The number of methoxy groups -OCH3 is 2. The van der Waals surface area contributed by atoms with Gasteiger partial charge in [0, 0.05) is 6.07 Å². The fourth-order valence-electron chi connectivity index (χ4n) is 4.65. The third-order valence-electron chi connectivity index (χ3n) is 6.80. The van der Waals surface area contributed by atoms with Crippen LogP contribution in [-0.2, 0) is 27.7 Å². The monoisotopic (exact) mass is 522 g/mol. The van der Waals surface area contributed by atoms with Gasteiger partial charge in [0.15, 0.2) is 11.5 Å². The van der Waals surface area contributed by atoms with Crippen molar-refractivity contribution in [2.45, 2.75) is 50.5 Å². The van der Waals surface area contributed by atoms with E-state index in [9.17, 15) is 13.2 Å². The van der Waals surface area contributed by atoms with Crippen molar-refractivity contribution in [3.05, 3.63) is 82.9 Å². The molecule has 1 unspecified atom stereocenters. The number of nitrogens with zero attached hydrogens (tertiary/aromatic N) is 1. The molecule has 0 bridgehead atoms. The van der Waals surface area contributed by atoms with Gasteiger partial charge < -0.3 is 14.8 Å². The number of anilines is 1. The van der Waals surface area contributed by atoms with Gasteiger partial charge in [0.25, 0.3) is 10.0 Å². The lowest BCUT2D eigenvalue weighted by Gasteiger charge is -2.26. The van der Waals surface area contributed by atoms with Gasteiger partial charge in [-0.25, -0.2) is 8.42 Å². The first kappa shape index (κ1) is 26.5. The molecule has 0 saturated heterocycles. The van der Waals surface area contributed by atoms with Crippen molar-refractivity contribution >= 4 is 21.6 Å². The van der Waals surface area contributed by atoms with E-state index in [1.807, 2.05) is 32.0 Å². The van der Waals surface area contributed by atoms with E-state index in [-0.39, 0.29) is 23.2 Å². The average molecular weight is 523 g/mol. The first-order valence-electron chi connectivity index (χ1n) is 12.5. The smallest absolute Gasteiger partial charge is 0.264 e. The average Bonchev–Trinajstić information content (AvgIpc) is 2.91. The van der Waals surface area contributed by atoms with E-state index in [1.54, 1.807) is 12.1 Å². The predicted molar refractivity (Wildman–Crippen MR) is 145 cm³/mol. The van der Waals surface area contributed by atoms with Gasteiger partial charge in [0.05, 0.1) is 30.8 Å². The fourth-order valence-corrected chi connectivity index (χ4v) is 6.09. The molecule has 7 nitrogen and oxygen atoms in total. The Morgan fingerprint density at radius 2 is 1.59 bits per heavy atom. The van der Waals surface area contributed by atoms with Gasteiger partial charge in [-0.3, -0.25) is 9.10 Å². The number of ether oxygens (including phenoxy) is 2. The van der Waals surface area contributed by atoms with E-state index in [0.717, 1.165) is 28.3 Å². The van der Waals surface area contributed by atoms with Gasteiger partial charge in [0.2, 0.25) is 5.91 Å². The molecule has 0 fully saturated rings. The van der Waals surface area contributed by atoms with Crippen molar-refractivity contribution in [1.29, 1.82) is 0 Å². The summed E-state index contributed by atoms with van der Waals surface area (Å²) in [7, 11) is -1.16. The number of hydrogen-bond donors (Lipinski definition) is 1. The largest absolute Gasteiger partial charge is 0.493 e. The number of sulfonamides is 1. The highest BCUT2D eigenvalue weighted by Crippen LogP contribution is 2.32. The molecule has 1 aliphatic carbocycles. The van der Waals surface area contributed by atoms with Gasteiger partial charge in [-0.05, 0) is 80.5 Å². The Balaban J connectivity index is 1.60. The molecular formula is C29H34N2O5S. The van der Waals surface area contributed by atoms with Crippen molar-refractivity contribution in [3.8, 4) is 11.5 Å². The van der Waals surface area contributed by atoms with E-state index >= 15 is 0 Å². The molecule has 0 heterocycles. The fraction of sp³-hybridized carbons (Fsp3) is 0.345. The highest BCUT2D eigenvalue weighted by atomic mass is 32.2. The lowest BCUT2D eigenvalue weighted by molar-refractivity contribution is -0.120. The number of fused-ring (bicyclic) bond motifs is 1. The van der Waals surface area contributed by atoms with Crippen molar-refractivity contribution in [2.24, 2.45) is 0 Å². The molecule has 3 aromatic carbocycles. The first-order chi connectivity index (χ1) is 17.7. The lowest BCUT2D eigenvalue weighted by atomic mass is 9.89. The second kappa shape index (κ2) is 11.3. The molecule has 8 heteroatoms. The van der Waals surface area contributed by atoms with E-state index in [4.69, 9.17) is 9.47 Å². The van der Waals surface area contributed by atoms with Crippen LogP contribution in [0.5, 0.6) is 11.5 Å². The number of rotatable bonds is 9. The number of carbonyl (C=O) groups is 1. The van der Waals surface area contributed by atoms with Gasteiger partial charge >= 0.3 is 0 Å². The lowest BCUT2D eigenvalue weighted by Crippen LogP contribution is -2.41. The van der Waals surface area contributed by atoms with Crippen molar-refractivity contribution in [2.75, 3.05) is 25.1 Å². The number of nitrogens with one attached hydrogen (secondary N) is 1. The maximum absolute atomic E-state index is 13.8. The Hall–Kier alpha value is -3.52. The third-order valence-corrected chi connectivity index (χ3v) is 8.57. The Morgan fingerprint density at radius 3 is 2.27 bits per heavy atom. The van der Waals surface area contributed by atoms with Gasteiger partial charge in [-0.15, -0.1) is 0 Å². The van der Waals surface area contributed by atoms with Crippen LogP contribution in [0.2, 0.25) is 0 Å². The van der Waals surface area contributed by atoms with Crippen LogP contribution in [0.1, 0.15) is 48.1 Å². The Morgan fingerprint density at radius 1 is 0.919 bits per heavy atom. The second-order valence-corrected chi connectivity index (χ2v) is 11.3. The van der Waals surface area contributed by atoms with Crippen LogP contribution in [-0.4, -0.2) is 35.1 Å². The molecule has 1 atom stereocenters. The predicted octanol–water partition coefficient (Wildman–Crippen LogP) is 4.96. The molecule has 1 N–H and O–H groups in total. The summed E-state index contributed by atoms with van der Waals surface area (Å²) in [5.41, 5.74) is 5.11. The van der Waals surface area contributed by atoms with Gasteiger partial charge in [-0.1, -0.05) is 35.9 Å². The highest BCUT2D eigenvalue weighted by Gasteiger charge is 2.29. The van der Waals surface area contributed by atoms with Gasteiger partial charge in [-0.2, -0.15) is 0 Å². The van der Waals surface area contributed by atoms with Crippen LogP contribution < -0.4 is 19.1 Å². The van der Waals surface area contributed by atoms with Crippen LogP contribution in [0.25, 0.3) is 0 Å². The number of benzene rings is 3. The summed E-state index contributed by atoms with van der Waals surface area (Å²) in [6, 6.07) is 17.5. The van der Waals surface area contributed by atoms with Crippen molar-refractivity contribution < 1.29 is 22.7 Å². The molecule has 37 heavy (non-hydrogen) atoms. The normalized spacial score (nSPS) is 13.8. The third kappa shape index (κ3) is 5.91. The molecule has 0 saturated carbocycles. The van der Waals surface area contributed by atoms with Crippen LogP contribution in [0.4, 0.5) is 5.69 Å². The maximum Gasteiger partial charge on any atom is 0.264 e. The summed E-state index contributed by atoms with van der Waals surface area (Å²) in [4.78, 5) is 13.2. The van der Waals surface area contributed by atoms with Crippen molar-refractivity contribution in [3.63, 3.8) is 0 Å². The van der Waals surface area contributed by atoms with Gasteiger partial charge in [0.1, 0.15) is 6.54 Å². The Bertz CT molecular complexity index is 1370. The minimum Gasteiger partial charge on any atom is -0.493 e. The maximum atomic E-state index is 13.8. The van der Waals surface area contributed by atoms with E-state index < -0.39 is 15.9 Å². The number of hydrogen-bond acceptors (Lipinski definition) is 5. The summed E-state index contributed by atoms with van der Waals surface area (Å²) in [5.74, 6) is 0.313. The summed E-state index contributed by atoms with van der Waals surface area (Å²) in [6.45, 7) is 3.47. The van der Waals surface area contributed by atoms with Crippen molar-refractivity contribution in [1.82, 2.24) is 5.32 Å². The molecule has 0 aliphatic heterocycles. The molecule has 4 rings (SSSR count). The number of carbonyl (C=O) groups excluding carboxylic acids is 1. The first-order valence-corrected chi connectivity index (χ1v) is 13.9. The SMILES string of the molecule is COc1ccc(S(=O)(=O)N(CC(=O)NC(C)c2ccc3c(c2)CCCC3)c2ccc(C)cc2)cc1OC. The van der Waals surface area contributed by atoms with E-state index in [0.29, 0.717) is 11.4 Å². The molecule has 1 amide bonds. The van der Waals surface area contributed by atoms with Crippen LogP contribution in [0.15, 0.2) is 65.6 Å². The zero-order chi connectivity index (χ0) is 26.6. The molecule has 1 aliphatic rings. The summed E-state index contributed by atoms with van der Waals surface area (Å²) >= 11 is 0. The van der Waals surface area contributed by atoms with Crippen LogP contribution in [0.3, 0.4) is 0 Å². The summed E-state index contributed by atoms with van der Waals surface area (Å²) in [5, 5.41) is 2.99. The minimum absolute atomic E-state index is 0.00117. The standard InChI is InChI=1S/C29H34N2O5S/c1-20-9-13-25(14-10-20)31(37(33,34)26-15-16-27(35-3)28(18-26)36-4)19-29(32)30-21(2)23-12-11-22-7-5-6-8-24(22)17-23/h9-18,21H,5-8,19H2,1-4H3,(H,30,32). The molecule has 3 aromatic rings. The quantitative estimate of drug-likeness (QED) is 0.429. The molecule has 196 valence electrons. The zero-order valence-corrected chi connectivity index (χ0v) is 22.6. The second-order valence-electron chi connectivity index (χ2n) is 9.39. The van der Waals surface area contributed by atoms with E-state index in [1.165, 1.54) is 56.4 Å². The molecule has 0 radical (unpaired) electrons. The van der Waals surface area contributed by atoms with Crippen LogP contribution >= 0.6 is 0 Å². The topological polar surface area (TPSA) is 84.9 Å². The number of amides is 1. The zero-order valence-electron chi connectivity index (χ0n) is 21.8.